The first kappa shape index (κ1) is 15.7. The zero-order valence-electron chi connectivity index (χ0n) is 12.3. The Labute approximate surface area is 124 Å². The van der Waals surface area contributed by atoms with E-state index in [2.05, 4.69) is 17.1 Å². The Morgan fingerprint density at radius 2 is 1.90 bits per heavy atom. The van der Waals surface area contributed by atoms with Gasteiger partial charge in [0.05, 0.1) is 6.61 Å². The molecular formula is C15H22FN3O2. The number of carbonyl (C=O) groups excluding carboxylic acids is 1. The molecule has 1 heterocycles. The van der Waals surface area contributed by atoms with Crippen LogP contribution >= 0.6 is 0 Å². The second-order valence-corrected chi connectivity index (χ2v) is 5.20. The monoisotopic (exact) mass is 295 g/mol. The van der Waals surface area contributed by atoms with Crippen LogP contribution in [0.2, 0.25) is 0 Å². The van der Waals surface area contributed by atoms with Gasteiger partial charge in [-0.2, -0.15) is 0 Å². The summed E-state index contributed by atoms with van der Waals surface area (Å²) in [6.07, 6.45) is 0.901. The van der Waals surface area contributed by atoms with E-state index < -0.39 is 0 Å². The van der Waals surface area contributed by atoms with Gasteiger partial charge in [-0.05, 0) is 30.7 Å². The number of rotatable bonds is 4. The SMILES string of the molecule is CCC(CO)N1CCN(C(=O)Nc2ccc(F)cc2)CC1. The summed E-state index contributed by atoms with van der Waals surface area (Å²) >= 11 is 0. The Balaban J connectivity index is 1.84. The van der Waals surface area contributed by atoms with Crippen LogP contribution in [-0.4, -0.2) is 59.8 Å². The average Bonchev–Trinajstić information content (AvgIpc) is 2.51. The Hall–Kier alpha value is -1.66. The van der Waals surface area contributed by atoms with Gasteiger partial charge in [0.15, 0.2) is 0 Å². The van der Waals surface area contributed by atoms with Gasteiger partial charge >= 0.3 is 6.03 Å². The fourth-order valence-electron chi connectivity index (χ4n) is 2.53. The first-order chi connectivity index (χ1) is 10.1. The summed E-state index contributed by atoms with van der Waals surface area (Å²) in [6, 6.07) is 5.73. The van der Waals surface area contributed by atoms with E-state index in [1.807, 2.05) is 0 Å². The van der Waals surface area contributed by atoms with E-state index in [0.29, 0.717) is 18.8 Å². The molecule has 1 saturated heterocycles. The third-order valence-corrected chi connectivity index (χ3v) is 3.90. The van der Waals surface area contributed by atoms with Crippen LogP contribution in [0.4, 0.5) is 14.9 Å². The molecule has 6 heteroatoms. The summed E-state index contributed by atoms with van der Waals surface area (Å²) in [5, 5.41) is 12.1. The lowest BCUT2D eigenvalue weighted by molar-refractivity contribution is 0.0766. The molecule has 1 aromatic carbocycles. The van der Waals surface area contributed by atoms with Crippen molar-refractivity contribution >= 4 is 11.7 Å². The van der Waals surface area contributed by atoms with Crippen molar-refractivity contribution in [2.24, 2.45) is 0 Å². The number of halogens is 1. The molecule has 1 aromatic rings. The fourth-order valence-corrected chi connectivity index (χ4v) is 2.53. The van der Waals surface area contributed by atoms with Gasteiger partial charge in [-0.15, -0.1) is 0 Å². The van der Waals surface area contributed by atoms with Crippen LogP contribution in [0.5, 0.6) is 0 Å². The molecule has 0 saturated carbocycles. The number of hydrogen-bond acceptors (Lipinski definition) is 3. The summed E-state index contributed by atoms with van der Waals surface area (Å²) in [7, 11) is 0. The molecule has 0 spiro atoms. The normalized spacial score (nSPS) is 17.6. The van der Waals surface area contributed by atoms with Crippen LogP contribution in [0.1, 0.15) is 13.3 Å². The number of hydrogen-bond donors (Lipinski definition) is 2. The van der Waals surface area contributed by atoms with Crippen LogP contribution in [0, 0.1) is 5.82 Å². The minimum atomic E-state index is -0.323. The van der Waals surface area contributed by atoms with Gasteiger partial charge in [-0.3, -0.25) is 4.90 Å². The largest absolute Gasteiger partial charge is 0.395 e. The van der Waals surface area contributed by atoms with Crippen LogP contribution in [0.3, 0.4) is 0 Å². The molecule has 0 aliphatic carbocycles. The van der Waals surface area contributed by atoms with E-state index in [0.717, 1.165) is 19.5 Å². The van der Waals surface area contributed by atoms with Crippen molar-refractivity contribution in [3.05, 3.63) is 30.1 Å². The van der Waals surface area contributed by atoms with E-state index in [1.54, 1.807) is 17.0 Å². The average molecular weight is 295 g/mol. The van der Waals surface area contributed by atoms with Crippen molar-refractivity contribution in [2.45, 2.75) is 19.4 Å². The maximum absolute atomic E-state index is 12.8. The van der Waals surface area contributed by atoms with Crippen LogP contribution in [0.15, 0.2) is 24.3 Å². The minimum Gasteiger partial charge on any atom is -0.395 e. The zero-order chi connectivity index (χ0) is 15.2. The summed E-state index contributed by atoms with van der Waals surface area (Å²) < 4.78 is 12.8. The number of piperazine rings is 1. The van der Waals surface area contributed by atoms with Gasteiger partial charge in [0.25, 0.3) is 0 Å². The van der Waals surface area contributed by atoms with Gasteiger partial charge in [0.1, 0.15) is 5.82 Å². The fraction of sp³-hybridized carbons (Fsp3) is 0.533. The molecule has 116 valence electrons. The lowest BCUT2D eigenvalue weighted by Gasteiger charge is -2.38. The molecule has 1 unspecified atom stereocenters. The van der Waals surface area contributed by atoms with Gasteiger partial charge in [-0.25, -0.2) is 9.18 Å². The van der Waals surface area contributed by atoms with Gasteiger partial charge in [0.2, 0.25) is 0 Å². The molecule has 21 heavy (non-hydrogen) atoms. The van der Waals surface area contributed by atoms with E-state index in [9.17, 15) is 14.3 Å². The van der Waals surface area contributed by atoms with Crippen molar-refractivity contribution in [3.8, 4) is 0 Å². The smallest absolute Gasteiger partial charge is 0.321 e. The third-order valence-electron chi connectivity index (χ3n) is 3.90. The summed E-state index contributed by atoms with van der Waals surface area (Å²) in [4.78, 5) is 16.1. The zero-order valence-corrected chi connectivity index (χ0v) is 12.3. The van der Waals surface area contributed by atoms with Gasteiger partial charge in [-0.1, -0.05) is 6.92 Å². The number of aliphatic hydroxyl groups excluding tert-OH is 1. The molecule has 2 amide bonds. The molecule has 1 aliphatic heterocycles. The minimum absolute atomic E-state index is 0.151. The molecule has 1 fully saturated rings. The van der Waals surface area contributed by atoms with E-state index in [1.165, 1.54) is 12.1 Å². The number of nitrogens with one attached hydrogen (secondary N) is 1. The van der Waals surface area contributed by atoms with Crippen molar-refractivity contribution in [1.82, 2.24) is 9.80 Å². The summed E-state index contributed by atoms with van der Waals surface area (Å²) in [5.41, 5.74) is 0.589. The van der Waals surface area contributed by atoms with E-state index in [-0.39, 0.29) is 24.5 Å². The number of urea groups is 1. The molecular weight excluding hydrogens is 273 g/mol. The maximum atomic E-state index is 12.8. The van der Waals surface area contributed by atoms with Crippen LogP contribution < -0.4 is 5.32 Å². The number of benzene rings is 1. The molecule has 5 nitrogen and oxygen atoms in total. The summed E-state index contributed by atoms with van der Waals surface area (Å²) in [6.45, 7) is 4.98. The standard InChI is InChI=1S/C15H22FN3O2/c1-2-14(11-20)18-7-9-19(10-8-18)15(21)17-13-5-3-12(16)4-6-13/h3-6,14,20H,2,7-11H2,1H3,(H,17,21). The van der Waals surface area contributed by atoms with Crippen molar-refractivity contribution in [3.63, 3.8) is 0 Å². The van der Waals surface area contributed by atoms with Crippen molar-refractivity contribution in [1.29, 1.82) is 0 Å². The Morgan fingerprint density at radius 1 is 1.29 bits per heavy atom. The second kappa shape index (κ2) is 7.38. The molecule has 0 bridgehead atoms. The number of amides is 2. The quantitative estimate of drug-likeness (QED) is 0.890. The Kier molecular flexibility index (Phi) is 5.52. The Bertz CT molecular complexity index is 454. The first-order valence-corrected chi connectivity index (χ1v) is 7.30. The van der Waals surface area contributed by atoms with Gasteiger partial charge in [0, 0.05) is 37.9 Å². The molecule has 0 aromatic heterocycles. The topological polar surface area (TPSA) is 55.8 Å². The molecule has 0 radical (unpaired) electrons. The number of carbonyl (C=O) groups is 1. The second-order valence-electron chi connectivity index (χ2n) is 5.20. The molecule has 2 N–H and O–H groups in total. The number of aliphatic hydroxyl groups is 1. The number of nitrogens with zero attached hydrogens (tertiary/aromatic N) is 2. The third kappa shape index (κ3) is 4.15. The predicted octanol–water partition coefficient (Wildman–Crippen LogP) is 1.75. The molecule has 1 atom stereocenters. The number of anilines is 1. The van der Waals surface area contributed by atoms with E-state index >= 15 is 0 Å². The molecule has 2 rings (SSSR count). The highest BCUT2D eigenvalue weighted by Crippen LogP contribution is 2.12. The highest BCUT2D eigenvalue weighted by molar-refractivity contribution is 5.89. The van der Waals surface area contributed by atoms with E-state index in [4.69, 9.17) is 0 Å². The lowest BCUT2D eigenvalue weighted by Crippen LogP contribution is -2.53. The highest BCUT2D eigenvalue weighted by Gasteiger charge is 2.24. The van der Waals surface area contributed by atoms with Crippen molar-refractivity contribution < 1.29 is 14.3 Å². The highest BCUT2D eigenvalue weighted by atomic mass is 19.1. The van der Waals surface area contributed by atoms with Crippen LogP contribution in [0.25, 0.3) is 0 Å². The predicted molar refractivity (Wildman–Crippen MR) is 79.7 cm³/mol. The Morgan fingerprint density at radius 3 is 2.43 bits per heavy atom. The maximum Gasteiger partial charge on any atom is 0.321 e. The molecule has 1 aliphatic rings. The van der Waals surface area contributed by atoms with Crippen LogP contribution in [-0.2, 0) is 0 Å². The first-order valence-electron chi connectivity index (χ1n) is 7.30. The lowest BCUT2D eigenvalue weighted by atomic mass is 10.2. The van der Waals surface area contributed by atoms with Gasteiger partial charge < -0.3 is 15.3 Å². The van der Waals surface area contributed by atoms with Crippen molar-refractivity contribution in [2.75, 3.05) is 38.1 Å². The summed E-state index contributed by atoms with van der Waals surface area (Å²) in [5.74, 6) is -0.323.